The first-order valence-electron chi connectivity index (χ1n) is 11.0. The fraction of sp³-hybridized carbons (Fsp3) is 0.519. The summed E-state index contributed by atoms with van der Waals surface area (Å²) in [7, 11) is 0. The molecule has 0 aromatic rings. The van der Waals surface area contributed by atoms with Gasteiger partial charge >= 0.3 is 5.97 Å². The second-order valence-corrected chi connectivity index (χ2v) is 8.44. The fourth-order valence-electron chi connectivity index (χ4n) is 3.28. The van der Waals surface area contributed by atoms with Gasteiger partial charge in [0.15, 0.2) is 0 Å². The van der Waals surface area contributed by atoms with E-state index in [1.54, 1.807) is 6.92 Å². The van der Waals surface area contributed by atoms with Crippen LogP contribution < -0.4 is 0 Å². The monoisotopic (exact) mass is 396 g/mol. The van der Waals surface area contributed by atoms with E-state index in [1.165, 1.54) is 30.4 Å². The molecule has 1 aliphatic rings. The predicted molar refractivity (Wildman–Crippen MR) is 126 cm³/mol. The minimum absolute atomic E-state index is 0.197. The van der Waals surface area contributed by atoms with Gasteiger partial charge in [-0.25, -0.2) is 4.79 Å². The summed E-state index contributed by atoms with van der Waals surface area (Å²) in [6, 6.07) is 0. The largest absolute Gasteiger partial charge is 0.457 e. The van der Waals surface area contributed by atoms with E-state index >= 15 is 0 Å². The molecule has 2 atom stereocenters. The van der Waals surface area contributed by atoms with Crippen molar-refractivity contribution < 1.29 is 9.53 Å². The molecule has 0 saturated carbocycles. The number of ether oxygens (including phenoxy) is 1. The predicted octanol–water partition coefficient (Wildman–Crippen LogP) is 7.66. The molecule has 160 valence electrons. The van der Waals surface area contributed by atoms with Crippen molar-refractivity contribution in [2.24, 2.45) is 11.8 Å². The van der Waals surface area contributed by atoms with E-state index in [0.29, 0.717) is 11.5 Å². The Morgan fingerprint density at radius 3 is 2.34 bits per heavy atom. The van der Waals surface area contributed by atoms with Crippen LogP contribution in [0.15, 0.2) is 71.4 Å². The highest BCUT2D eigenvalue weighted by atomic mass is 16.5. The third-order valence-electron chi connectivity index (χ3n) is 5.92. The molecule has 0 saturated heterocycles. The Morgan fingerprint density at radius 2 is 1.83 bits per heavy atom. The van der Waals surface area contributed by atoms with Gasteiger partial charge in [-0.1, -0.05) is 89.6 Å². The lowest BCUT2D eigenvalue weighted by molar-refractivity contribution is -0.137. The Morgan fingerprint density at radius 1 is 1.14 bits per heavy atom. The van der Waals surface area contributed by atoms with Crippen molar-refractivity contribution in [2.45, 2.75) is 73.1 Å². The second kappa shape index (κ2) is 12.5. The average Bonchev–Trinajstić information content (AvgIpc) is 2.73. The van der Waals surface area contributed by atoms with Crippen molar-refractivity contribution in [3.63, 3.8) is 0 Å². The molecule has 0 amide bonds. The normalized spacial score (nSPS) is 16.4. The molecule has 0 aliphatic heterocycles. The van der Waals surface area contributed by atoms with Crippen molar-refractivity contribution in [3.8, 4) is 0 Å². The third-order valence-corrected chi connectivity index (χ3v) is 5.92. The fourth-order valence-corrected chi connectivity index (χ4v) is 3.28. The highest BCUT2D eigenvalue weighted by Crippen LogP contribution is 2.33. The molecule has 29 heavy (non-hydrogen) atoms. The van der Waals surface area contributed by atoms with Crippen LogP contribution in [0, 0.1) is 11.8 Å². The number of allylic oxidation sites excluding steroid dienone is 6. The zero-order chi connectivity index (χ0) is 22.0. The first-order chi connectivity index (χ1) is 13.7. The molecule has 0 fully saturated rings. The van der Waals surface area contributed by atoms with Gasteiger partial charge in [-0.05, 0) is 61.2 Å². The summed E-state index contributed by atoms with van der Waals surface area (Å²) in [6.45, 7) is 22.9. The molecule has 0 radical (unpaired) electrons. The van der Waals surface area contributed by atoms with E-state index in [-0.39, 0.29) is 12.6 Å². The number of hydrogen-bond acceptors (Lipinski definition) is 2. The van der Waals surface area contributed by atoms with E-state index in [2.05, 4.69) is 59.6 Å². The van der Waals surface area contributed by atoms with Crippen LogP contribution >= 0.6 is 0 Å². The molecular weight excluding hydrogens is 356 g/mol. The van der Waals surface area contributed by atoms with Gasteiger partial charge in [0.25, 0.3) is 0 Å². The molecule has 0 spiro atoms. The molecule has 2 heteroatoms. The van der Waals surface area contributed by atoms with Crippen LogP contribution in [0.2, 0.25) is 0 Å². The van der Waals surface area contributed by atoms with Crippen LogP contribution in [0.3, 0.4) is 0 Å². The Labute approximate surface area is 178 Å². The number of hydrogen-bond donors (Lipinski definition) is 0. The molecular formula is C27H40O2. The van der Waals surface area contributed by atoms with E-state index < -0.39 is 0 Å². The van der Waals surface area contributed by atoms with E-state index in [4.69, 9.17) is 4.74 Å². The Balaban J connectivity index is 2.88. The van der Waals surface area contributed by atoms with Crippen LogP contribution in [0.4, 0.5) is 0 Å². The summed E-state index contributed by atoms with van der Waals surface area (Å²) < 4.78 is 5.40. The van der Waals surface area contributed by atoms with Crippen LogP contribution in [0.25, 0.3) is 0 Å². The minimum atomic E-state index is -0.374. The lowest BCUT2D eigenvalue weighted by Gasteiger charge is -2.23. The third kappa shape index (κ3) is 8.43. The maximum absolute atomic E-state index is 11.8. The Kier molecular flexibility index (Phi) is 10.7. The van der Waals surface area contributed by atoms with E-state index in [9.17, 15) is 4.79 Å². The molecule has 2 nitrogen and oxygen atoms in total. The molecule has 2 unspecified atom stereocenters. The summed E-state index contributed by atoms with van der Waals surface area (Å²) in [5, 5.41) is 0. The van der Waals surface area contributed by atoms with Crippen LogP contribution in [0.1, 0.15) is 73.1 Å². The zero-order valence-electron chi connectivity index (χ0n) is 19.3. The van der Waals surface area contributed by atoms with E-state index in [1.807, 2.05) is 6.08 Å². The minimum Gasteiger partial charge on any atom is -0.457 e. The van der Waals surface area contributed by atoms with Crippen molar-refractivity contribution in [1.82, 2.24) is 0 Å². The van der Waals surface area contributed by atoms with Crippen LogP contribution in [-0.2, 0) is 9.53 Å². The first kappa shape index (κ1) is 24.9. The SMILES string of the molecule is C=C(/C=C(/COC(=O)C(=C)C)C(=C)C1=CC=C(C(C)CCC(C)CC)CC1)CC. The highest BCUT2D eigenvalue weighted by Gasteiger charge is 2.17. The first-order valence-corrected chi connectivity index (χ1v) is 11.0. The van der Waals surface area contributed by atoms with Gasteiger partial charge in [0, 0.05) is 5.57 Å². The molecule has 0 aromatic heterocycles. The van der Waals surface area contributed by atoms with Crippen LogP contribution in [0.5, 0.6) is 0 Å². The molecule has 0 bridgehead atoms. The average molecular weight is 397 g/mol. The standard InChI is InChI=1S/C27H40O2/c1-9-20(5)11-12-22(7)24-13-15-25(16-14-24)23(8)26(17-21(6)10-2)18-29-27(28)19(3)4/h13,15,17,20,22H,3,6,8-12,14,16,18H2,1-2,4-5,7H3/b26-17-. The maximum Gasteiger partial charge on any atom is 0.333 e. The number of esters is 1. The van der Waals surface area contributed by atoms with Gasteiger partial charge in [-0.2, -0.15) is 0 Å². The Hall–Kier alpha value is -2.09. The molecule has 0 heterocycles. The summed E-state index contributed by atoms with van der Waals surface area (Å²) >= 11 is 0. The number of carbonyl (C=O) groups is 1. The lowest BCUT2D eigenvalue weighted by atomic mass is 9.83. The maximum atomic E-state index is 11.8. The van der Waals surface area contributed by atoms with E-state index in [0.717, 1.165) is 41.9 Å². The second-order valence-electron chi connectivity index (χ2n) is 8.44. The molecule has 1 rings (SSSR count). The van der Waals surface area contributed by atoms with Crippen molar-refractivity contribution in [1.29, 1.82) is 0 Å². The van der Waals surface area contributed by atoms with Crippen LogP contribution in [-0.4, -0.2) is 12.6 Å². The quantitative estimate of drug-likeness (QED) is 0.192. The molecule has 0 N–H and O–H groups in total. The van der Waals surface area contributed by atoms with Gasteiger partial charge in [0.05, 0.1) is 0 Å². The topological polar surface area (TPSA) is 26.3 Å². The summed E-state index contributed by atoms with van der Waals surface area (Å²) in [5.74, 6) is 1.05. The number of carbonyl (C=O) groups excluding carboxylic acids is 1. The summed E-state index contributed by atoms with van der Waals surface area (Å²) in [6.07, 6.45) is 13.2. The zero-order valence-corrected chi connectivity index (χ0v) is 19.3. The lowest BCUT2D eigenvalue weighted by Crippen LogP contribution is -2.11. The van der Waals surface area contributed by atoms with Gasteiger partial charge in [-0.3, -0.25) is 0 Å². The molecule has 1 aliphatic carbocycles. The van der Waals surface area contributed by atoms with Crippen molar-refractivity contribution >= 4 is 5.97 Å². The highest BCUT2D eigenvalue weighted by molar-refractivity contribution is 5.87. The van der Waals surface area contributed by atoms with Gasteiger partial charge in [0.2, 0.25) is 0 Å². The smallest absolute Gasteiger partial charge is 0.333 e. The number of rotatable bonds is 12. The van der Waals surface area contributed by atoms with Crippen molar-refractivity contribution in [2.75, 3.05) is 6.61 Å². The summed E-state index contributed by atoms with van der Waals surface area (Å²) in [5.41, 5.74) is 6.00. The van der Waals surface area contributed by atoms with Gasteiger partial charge in [-0.15, -0.1) is 0 Å². The van der Waals surface area contributed by atoms with Gasteiger partial charge in [0.1, 0.15) is 6.61 Å². The Bertz CT molecular complexity index is 715. The summed E-state index contributed by atoms with van der Waals surface area (Å²) in [4.78, 5) is 11.8. The van der Waals surface area contributed by atoms with Gasteiger partial charge < -0.3 is 4.74 Å². The molecule has 0 aromatic carbocycles. The van der Waals surface area contributed by atoms with Crippen molar-refractivity contribution in [3.05, 3.63) is 71.4 Å².